The van der Waals surface area contributed by atoms with Gasteiger partial charge >= 0.3 is 0 Å². The molecular formula is C21H17ClN2O2S. The van der Waals surface area contributed by atoms with E-state index in [1.165, 1.54) is 16.7 Å². The highest BCUT2D eigenvalue weighted by Gasteiger charge is 2.51. The Morgan fingerprint density at radius 3 is 2.52 bits per heavy atom. The fraction of sp³-hybridized carbons (Fsp3) is 0.238. The topological polar surface area (TPSA) is 64.3 Å². The van der Waals surface area contributed by atoms with Gasteiger partial charge in [0.2, 0.25) is 5.91 Å². The van der Waals surface area contributed by atoms with Crippen LogP contribution in [0.4, 0.5) is 0 Å². The fourth-order valence-corrected chi connectivity index (χ4v) is 5.12. The Morgan fingerprint density at radius 1 is 1.22 bits per heavy atom. The van der Waals surface area contributed by atoms with Crippen LogP contribution >= 0.6 is 23.4 Å². The number of halogens is 1. The molecule has 4 nitrogen and oxygen atoms in total. The van der Waals surface area contributed by atoms with E-state index in [0.29, 0.717) is 26.9 Å². The van der Waals surface area contributed by atoms with E-state index >= 15 is 0 Å². The number of allylic oxidation sites excluding steroid dienone is 1. The van der Waals surface area contributed by atoms with Gasteiger partial charge in [-0.2, -0.15) is 5.26 Å². The molecule has 1 amide bonds. The van der Waals surface area contributed by atoms with E-state index in [4.69, 9.17) is 11.6 Å². The lowest BCUT2D eigenvalue weighted by molar-refractivity contribution is -0.149. The summed E-state index contributed by atoms with van der Waals surface area (Å²) in [7, 11) is 0. The number of thioether (sulfide) groups is 1. The summed E-state index contributed by atoms with van der Waals surface area (Å²) in [4.78, 5) is 14.4. The predicted octanol–water partition coefficient (Wildman–Crippen LogP) is 4.29. The molecule has 0 bridgehead atoms. The molecule has 2 aromatic carbocycles. The van der Waals surface area contributed by atoms with Gasteiger partial charge in [-0.05, 0) is 24.6 Å². The van der Waals surface area contributed by atoms with Crippen molar-refractivity contribution in [1.29, 1.82) is 5.26 Å². The van der Waals surface area contributed by atoms with Crippen LogP contribution in [0.3, 0.4) is 0 Å². The van der Waals surface area contributed by atoms with Crippen LogP contribution < -0.4 is 0 Å². The van der Waals surface area contributed by atoms with Crippen molar-refractivity contribution in [1.82, 2.24) is 4.90 Å². The number of nitriles is 1. The molecule has 0 spiro atoms. The van der Waals surface area contributed by atoms with Crippen LogP contribution in [0, 0.1) is 18.3 Å². The lowest BCUT2D eigenvalue weighted by atomic mass is 9.85. The maximum absolute atomic E-state index is 13.0. The summed E-state index contributed by atoms with van der Waals surface area (Å²) in [6, 6.07) is 17.0. The molecule has 136 valence electrons. The summed E-state index contributed by atoms with van der Waals surface area (Å²) in [5.74, 6) is -0.203. The van der Waals surface area contributed by atoms with E-state index in [2.05, 4.69) is 6.07 Å². The van der Waals surface area contributed by atoms with Gasteiger partial charge < -0.3 is 5.11 Å². The largest absolute Gasteiger partial charge is 0.366 e. The number of carbonyl (C=O) groups is 1. The van der Waals surface area contributed by atoms with Gasteiger partial charge in [0, 0.05) is 22.9 Å². The molecule has 2 aliphatic heterocycles. The first-order chi connectivity index (χ1) is 12.9. The standard InChI is InChI=1S/C21H17ClN2O2S/c1-13-2-6-15(7-3-13)21(26)12-27-20-18(11-23)17(10-19(25)24(20)21)14-4-8-16(22)9-5-14/h2-9,17,26H,10,12H2,1H3/t17-,21-/m0/s1. The number of fused-ring (bicyclic) bond motifs is 1. The van der Waals surface area contributed by atoms with Crippen molar-refractivity contribution in [2.24, 2.45) is 0 Å². The maximum Gasteiger partial charge on any atom is 0.231 e. The number of rotatable bonds is 2. The number of benzene rings is 2. The third-order valence-electron chi connectivity index (χ3n) is 5.10. The van der Waals surface area contributed by atoms with Crippen molar-refractivity contribution < 1.29 is 9.90 Å². The average molecular weight is 397 g/mol. The maximum atomic E-state index is 13.0. The molecule has 1 saturated heterocycles. The van der Waals surface area contributed by atoms with Gasteiger partial charge in [0.1, 0.15) is 0 Å². The van der Waals surface area contributed by atoms with Crippen molar-refractivity contribution >= 4 is 29.3 Å². The van der Waals surface area contributed by atoms with Crippen LogP contribution in [0.5, 0.6) is 0 Å². The lowest BCUT2D eigenvalue weighted by Crippen LogP contribution is -2.48. The quantitative estimate of drug-likeness (QED) is 0.822. The molecule has 0 aliphatic carbocycles. The summed E-state index contributed by atoms with van der Waals surface area (Å²) in [6.07, 6.45) is 0.142. The summed E-state index contributed by atoms with van der Waals surface area (Å²) >= 11 is 7.32. The summed E-state index contributed by atoms with van der Waals surface area (Å²) < 4.78 is 0. The zero-order valence-corrected chi connectivity index (χ0v) is 16.2. The smallest absolute Gasteiger partial charge is 0.231 e. The molecule has 4 rings (SSSR count). The Morgan fingerprint density at radius 2 is 1.89 bits per heavy atom. The SMILES string of the molecule is Cc1ccc([C@@]2(O)CSC3=C(C#N)[C@H](c4ccc(Cl)cc4)CC(=O)N32)cc1. The van der Waals surface area contributed by atoms with E-state index in [1.807, 2.05) is 43.3 Å². The van der Waals surface area contributed by atoms with Gasteiger partial charge in [0.15, 0.2) is 5.72 Å². The monoisotopic (exact) mass is 396 g/mol. The highest BCUT2D eigenvalue weighted by Crippen LogP contribution is 2.51. The van der Waals surface area contributed by atoms with Gasteiger partial charge in [-0.25, -0.2) is 0 Å². The van der Waals surface area contributed by atoms with E-state index in [-0.39, 0.29) is 18.2 Å². The second-order valence-electron chi connectivity index (χ2n) is 6.84. The number of hydrogen-bond donors (Lipinski definition) is 1. The Hall–Kier alpha value is -2.26. The van der Waals surface area contributed by atoms with Crippen LogP contribution in [-0.4, -0.2) is 21.7 Å². The highest BCUT2D eigenvalue weighted by atomic mass is 35.5. The van der Waals surface area contributed by atoms with Crippen molar-refractivity contribution in [2.75, 3.05) is 5.75 Å². The second kappa shape index (κ2) is 6.72. The zero-order valence-electron chi connectivity index (χ0n) is 14.6. The summed E-state index contributed by atoms with van der Waals surface area (Å²) in [6.45, 7) is 1.97. The summed E-state index contributed by atoms with van der Waals surface area (Å²) in [5.41, 5.74) is 1.70. The normalized spacial score (nSPS) is 24.7. The van der Waals surface area contributed by atoms with Gasteiger partial charge in [-0.15, -0.1) is 11.8 Å². The fourth-order valence-electron chi connectivity index (χ4n) is 3.64. The number of amides is 1. The van der Waals surface area contributed by atoms with Gasteiger partial charge in [0.25, 0.3) is 0 Å². The molecule has 2 heterocycles. The third-order valence-corrected chi connectivity index (χ3v) is 6.57. The second-order valence-corrected chi connectivity index (χ2v) is 8.24. The van der Waals surface area contributed by atoms with Crippen LogP contribution in [-0.2, 0) is 10.5 Å². The number of carbonyl (C=O) groups excluding carboxylic acids is 1. The molecule has 1 N–H and O–H groups in total. The first-order valence-corrected chi connectivity index (χ1v) is 9.95. The van der Waals surface area contributed by atoms with Crippen LogP contribution in [0.2, 0.25) is 5.02 Å². The Kier molecular flexibility index (Phi) is 4.51. The molecule has 2 atom stereocenters. The minimum Gasteiger partial charge on any atom is -0.366 e. The van der Waals surface area contributed by atoms with Gasteiger partial charge in [-0.1, -0.05) is 53.6 Å². The highest BCUT2D eigenvalue weighted by molar-refractivity contribution is 8.03. The van der Waals surface area contributed by atoms with Crippen molar-refractivity contribution in [3.63, 3.8) is 0 Å². The first kappa shape index (κ1) is 18.1. The Balaban J connectivity index is 1.79. The Labute approximate surface area is 167 Å². The minimum absolute atomic E-state index is 0.142. The Bertz CT molecular complexity index is 979. The van der Waals surface area contributed by atoms with Crippen molar-refractivity contribution in [3.8, 4) is 6.07 Å². The van der Waals surface area contributed by atoms with Gasteiger partial charge in [0.05, 0.1) is 22.4 Å². The van der Waals surface area contributed by atoms with E-state index in [9.17, 15) is 15.2 Å². The molecule has 1 fully saturated rings. The van der Waals surface area contributed by atoms with Crippen LogP contribution in [0.1, 0.15) is 29.0 Å². The number of aliphatic hydroxyl groups is 1. The molecule has 27 heavy (non-hydrogen) atoms. The number of nitrogens with zero attached hydrogens (tertiary/aromatic N) is 2. The lowest BCUT2D eigenvalue weighted by Gasteiger charge is -2.38. The van der Waals surface area contributed by atoms with Crippen LogP contribution in [0.15, 0.2) is 59.1 Å². The predicted molar refractivity (Wildman–Crippen MR) is 106 cm³/mol. The number of hydrogen-bond acceptors (Lipinski definition) is 4. The van der Waals surface area contributed by atoms with Crippen molar-refractivity contribution in [3.05, 3.63) is 80.8 Å². The molecule has 0 saturated carbocycles. The molecular weight excluding hydrogens is 380 g/mol. The zero-order chi connectivity index (χ0) is 19.2. The molecule has 2 aliphatic rings. The molecule has 0 unspecified atom stereocenters. The van der Waals surface area contributed by atoms with E-state index < -0.39 is 5.72 Å². The molecule has 2 aromatic rings. The average Bonchev–Trinajstić information content (AvgIpc) is 3.02. The summed E-state index contributed by atoms with van der Waals surface area (Å²) in [5, 5.41) is 22.3. The minimum atomic E-state index is -1.43. The van der Waals surface area contributed by atoms with E-state index in [0.717, 1.165) is 11.1 Å². The van der Waals surface area contributed by atoms with Crippen molar-refractivity contribution in [2.45, 2.75) is 25.0 Å². The van der Waals surface area contributed by atoms with Crippen LogP contribution in [0.25, 0.3) is 0 Å². The third kappa shape index (κ3) is 2.94. The van der Waals surface area contributed by atoms with Gasteiger partial charge in [-0.3, -0.25) is 9.69 Å². The van der Waals surface area contributed by atoms with E-state index in [1.54, 1.807) is 12.1 Å². The molecule has 6 heteroatoms. The number of aryl methyl sites for hydroxylation is 1. The molecule has 0 aromatic heterocycles. The first-order valence-electron chi connectivity index (χ1n) is 8.59. The molecule has 0 radical (unpaired) electrons.